The molecule has 2 heterocycles. The smallest absolute Gasteiger partial charge is 0.227 e. The molecule has 34 heavy (non-hydrogen) atoms. The van der Waals surface area contributed by atoms with E-state index in [1.807, 2.05) is 22.9 Å². The lowest BCUT2D eigenvalue weighted by Gasteiger charge is -2.34. The Balaban J connectivity index is 1.28. The molecule has 2 aliphatic rings. The molecule has 1 unspecified atom stereocenters. The van der Waals surface area contributed by atoms with Crippen molar-refractivity contribution in [2.24, 2.45) is 0 Å². The maximum Gasteiger partial charge on any atom is 0.227 e. The second-order valence-electron chi connectivity index (χ2n) is 9.23. The van der Waals surface area contributed by atoms with Crippen LogP contribution in [0.25, 0.3) is 0 Å². The molecule has 184 valence electrons. The molecule has 1 amide bonds. The molecule has 0 radical (unpaired) electrons. The van der Waals surface area contributed by atoms with Crippen molar-refractivity contribution < 1.29 is 14.3 Å². The summed E-state index contributed by atoms with van der Waals surface area (Å²) in [6, 6.07) is 5.83. The Labute approximate surface area is 206 Å². The van der Waals surface area contributed by atoms with Crippen molar-refractivity contribution in [1.29, 1.82) is 0 Å². The Morgan fingerprint density at radius 2 is 2.00 bits per heavy atom. The van der Waals surface area contributed by atoms with Gasteiger partial charge in [0.15, 0.2) is 5.82 Å². The van der Waals surface area contributed by atoms with E-state index in [1.54, 1.807) is 4.90 Å². The molecule has 8 nitrogen and oxygen atoms in total. The van der Waals surface area contributed by atoms with Gasteiger partial charge >= 0.3 is 0 Å². The van der Waals surface area contributed by atoms with Crippen LogP contribution in [-0.4, -0.2) is 50.9 Å². The van der Waals surface area contributed by atoms with Crippen LogP contribution in [0.2, 0.25) is 0 Å². The molecular weight excluding hydrogens is 454 g/mol. The predicted molar refractivity (Wildman–Crippen MR) is 130 cm³/mol. The topological polar surface area (TPSA) is 90.2 Å². The van der Waals surface area contributed by atoms with Gasteiger partial charge in [-0.2, -0.15) is 0 Å². The Morgan fingerprint density at radius 1 is 1.15 bits per heavy atom. The van der Waals surface area contributed by atoms with E-state index < -0.39 is 6.04 Å². The van der Waals surface area contributed by atoms with Crippen LogP contribution in [0.15, 0.2) is 18.2 Å². The van der Waals surface area contributed by atoms with Gasteiger partial charge in [-0.1, -0.05) is 19.3 Å². The van der Waals surface area contributed by atoms with Gasteiger partial charge in [0.1, 0.15) is 12.0 Å². The summed E-state index contributed by atoms with van der Waals surface area (Å²) in [5, 5.41) is 12.4. The van der Waals surface area contributed by atoms with Crippen LogP contribution in [0.4, 0.5) is 5.69 Å². The maximum absolute atomic E-state index is 12.7. The quantitative estimate of drug-likeness (QED) is 0.264. The summed E-state index contributed by atoms with van der Waals surface area (Å²) in [5.41, 5.74) is 1.85. The molecule has 0 saturated heterocycles. The molecule has 1 atom stereocenters. The fraction of sp³-hybridized carbons (Fsp3) is 0.640. The van der Waals surface area contributed by atoms with Crippen molar-refractivity contribution >= 4 is 29.5 Å². The Hall–Kier alpha value is -2.48. The van der Waals surface area contributed by atoms with Crippen LogP contribution < -0.4 is 9.64 Å². The van der Waals surface area contributed by atoms with E-state index in [4.69, 9.17) is 16.3 Å². The van der Waals surface area contributed by atoms with Gasteiger partial charge < -0.3 is 14.4 Å². The SMILES string of the molecule is O=CC1CCc2cc(OCCCCc3nnnn3C3CCCCC3)ccc2N1C(=O)CCCCl. The molecule has 2 aromatic rings. The van der Waals surface area contributed by atoms with Crippen LogP contribution in [0.3, 0.4) is 0 Å². The van der Waals surface area contributed by atoms with Crippen LogP contribution in [-0.2, 0) is 22.4 Å². The van der Waals surface area contributed by atoms with E-state index in [0.717, 1.165) is 54.8 Å². The van der Waals surface area contributed by atoms with Gasteiger partial charge in [0.2, 0.25) is 5.91 Å². The Morgan fingerprint density at radius 3 is 2.79 bits per heavy atom. The number of benzene rings is 1. The second kappa shape index (κ2) is 12.3. The Bertz CT molecular complexity index is 960. The minimum Gasteiger partial charge on any atom is -0.494 e. The first-order chi connectivity index (χ1) is 16.7. The highest BCUT2D eigenvalue weighted by molar-refractivity contribution is 6.18. The number of carbonyl (C=O) groups excluding carboxylic acids is 2. The number of hydrogen-bond acceptors (Lipinski definition) is 6. The van der Waals surface area contributed by atoms with E-state index in [0.29, 0.717) is 37.8 Å². The van der Waals surface area contributed by atoms with Gasteiger partial charge in [-0.3, -0.25) is 4.79 Å². The fourth-order valence-corrected chi connectivity index (χ4v) is 5.18. The third-order valence-electron chi connectivity index (χ3n) is 6.85. The number of alkyl halides is 1. The highest BCUT2D eigenvalue weighted by atomic mass is 35.5. The number of carbonyl (C=O) groups is 2. The van der Waals surface area contributed by atoms with Gasteiger partial charge in [-0.05, 0) is 79.1 Å². The molecule has 1 aliphatic heterocycles. The average Bonchev–Trinajstić information content (AvgIpc) is 3.35. The number of aromatic nitrogens is 4. The van der Waals surface area contributed by atoms with E-state index >= 15 is 0 Å². The number of nitrogens with zero attached hydrogens (tertiary/aromatic N) is 5. The Kier molecular flexibility index (Phi) is 8.91. The number of rotatable bonds is 11. The van der Waals surface area contributed by atoms with Crippen LogP contribution in [0.5, 0.6) is 5.75 Å². The van der Waals surface area contributed by atoms with Crippen LogP contribution >= 0.6 is 11.6 Å². The number of halogens is 1. The second-order valence-corrected chi connectivity index (χ2v) is 9.60. The summed E-state index contributed by atoms with van der Waals surface area (Å²) >= 11 is 5.75. The summed E-state index contributed by atoms with van der Waals surface area (Å²) in [4.78, 5) is 25.9. The molecular formula is C25H34ClN5O3. The summed E-state index contributed by atoms with van der Waals surface area (Å²) in [7, 11) is 0. The summed E-state index contributed by atoms with van der Waals surface area (Å²) in [6.07, 6.45) is 12.1. The van der Waals surface area contributed by atoms with Gasteiger partial charge in [0.05, 0.1) is 18.7 Å². The lowest BCUT2D eigenvalue weighted by atomic mass is 9.95. The van der Waals surface area contributed by atoms with Gasteiger partial charge in [0.25, 0.3) is 0 Å². The average molecular weight is 488 g/mol. The van der Waals surface area contributed by atoms with Gasteiger partial charge in [0, 0.05) is 24.4 Å². The molecule has 1 aromatic heterocycles. The van der Waals surface area contributed by atoms with E-state index in [9.17, 15) is 9.59 Å². The number of hydrogen-bond donors (Lipinski definition) is 0. The lowest BCUT2D eigenvalue weighted by Crippen LogP contribution is -2.44. The van der Waals surface area contributed by atoms with Crippen molar-refractivity contribution in [2.75, 3.05) is 17.4 Å². The maximum atomic E-state index is 12.7. The first-order valence-corrected chi connectivity index (χ1v) is 13.1. The zero-order chi connectivity index (χ0) is 23.8. The first kappa shape index (κ1) is 24.6. The van der Waals surface area contributed by atoms with Crippen molar-refractivity contribution in [1.82, 2.24) is 20.2 Å². The number of aryl methyl sites for hydroxylation is 2. The highest BCUT2D eigenvalue weighted by Crippen LogP contribution is 2.34. The summed E-state index contributed by atoms with van der Waals surface area (Å²) in [5.74, 6) is 2.15. The summed E-state index contributed by atoms with van der Waals surface area (Å²) < 4.78 is 8.04. The summed E-state index contributed by atoms with van der Waals surface area (Å²) in [6.45, 7) is 0.610. The molecule has 1 aromatic carbocycles. The van der Waals surface area contributed by atoms with Crippen LogP contribution in [0, 0.1) is 0 Å². The zero-order valence-corrected chi connectivity index (χ0v) is 20.5. The molecule has 0 N–H and O–H groups in total. The van der Waals surface area contributed by atoms with Crippen molar-refractivity contribution in [2.45, 2.75) is 89.1 Å². The number of aldehydes is 1. The standard InChI is InChI=1S/C25H34ClN5O3/c26-15-6-10-25(33)30-21(18-32)12-11-19-17-22(13-14-23(19)30)34-16-5-4-9-24-27-28-29-31(24)20-7-2-1-3-8-20/h13-14,17-18,20-21H,1-12,15-16H2. The molecule has 1 fully saturated rings. The highest BCUT2D eigenvalue weighted by Gasteiger charge is 2.30. The third-order valence-corrected chi connectivity index (χ3v) is 7.11. The van der Waals surface area contributed by atoms with Gasteiger partial charge in [-0.15, -0.1) is 16.7 Å². The van der Waals surface area contributed by atoms with Crippen molar-refractivity contribution in [3.8, 4) is 5.75 Å². The van der Waals surface area contributed by atoms with E-state index in [2.05, 4.69) is 15.5 Å². The van der Waals surface area contributed by atoms with E-state index in [1.165, 1.54) is 32.1 Å². The number of unbranched alkanes of at least 4 members (excludes halogenated alkanes) is 1. The van der Waals surface area contributed by atoms with Crippen LogP contribution in [0.1, 0.15) is 81.6 Å². The predicted octanol–water partition coefficient (Wildman–Crippen LogP) is 4.45. The lowest BCUT2D eigenvalue weighted by molar-refractivity contribution is -0.121. The molecule has 0 spiro atoms. The van der Waals surface area contributed by atoms with Gasteiger partial charge in [-0.25, -0.2) is 4.68 Å². The molecule has 9 heteroatoms. The zero-order valence-electron chi connectivity index (χ0n) is 19.7. The first-order valence-electron chi connectivity index (χ1n) is 12.6. The number of ether oxygens (including phenoxy) is 1. The molecule has 1 saturated carbocycles. The number of amides is 1. The minimum atomic E-state index is -0.410. The molecule has 0 bridgehead atoms. The minimum absolute atomic E-state index is 0.0528. The van der Waals surface area contributed by atoms with Crippen molar-refractivity contribution in [3.05, 3.63) is 29.6 Å². The van der Waals surface area contributed by atoms with Crippen molar-refractivity contribution in [3.63, 3.8) is 0 Å². The number of fused-ring (bicyclic) bond motifs is 1. The number of anilines is 1. The monoisotopic (exact) mass is 487 g/mol. The molecule has 1 aliphatic carbocycles. The third kappa shape index (κ3) is 5.95. The molecule has 4 rings (SSSR count). The van der Waals surface area contributed by atoms with E-state index in [-0.39, 0.29) is 5.91 Å². The number of tetrazole rings is 1. The fourth-order valence-electron chi connectivity index (χ4n) is 5.05. The largest absolute Gasteiger partial charge is 0.494 e. The normalized spacial score (nSPS) is 18.5.